The zero-order valence-electron chi connectivity index (χ0n) is 22.7. The molecule has 6 nitrogen and oxygen atoms in total. The maximum Gasteiger partial charge on any atom is 0.373 e. The van der Waals surface area contributed by atoms with Crippen LogP contribution in [0.3, 0.4) is 0 Å². The molecular formula is C25H23NO5S. The van der Waals surface area contributed by atoms with E-state index in [4.69, 9.17) is 25.5 Å². The largest absolute Gasteiger partial charge is 0.493 e. The van der Waals surface area contributed by atoms with Crippen LogP contribution >= 0.6 is 11.3 Å². The number of esters is 1. The van der Waals surface area contributed by atoms with Crippen LogP contribution in [-0.2, 0) is 20.7 Å². The zero-order chi connectivity index (χ0) is 26.9. The first-order valence-corrected chi connectivity index (χ1v) is 10.6. The molecule has 0 bridgehead atoms. The van der Waals surface area contributed by atoms with E-state index < -0.39 is 24.1 Å². The number of oxazole rings is 1. The summed E-state index contributed by atoms with van der Waals surface area (Å²) in [7, 11) is 2.69. The van der Waals surface area contributed by atoms with Gasteiger partial charge in [0.25, 0.3) is 0 Å². The Morgan fingerprint density at radius 2 is 2.00 bits per heavy atom. The van der Waals surface area contributed by atoms with Gasteiger partial charge in [-0.25, -0.2) is 9.78 Å². The van der Waals surface area contributed by atoms with Crippen molar-refractivity contribution < 1.29 is 30.3 Å². The Morgan fingerprint density at radius 3 is 2.75 bits per heavy atom. The number of aryl methyl sites for hydroxylation is 1. The van der Waals surface area contributed by atoms with Crippen LogP contribution < -0.4 is 4.74 Å². The molecule has 0 saturated heterocycles. The molecule has 164 valence electrons. The maximum atomic E-state index is 11.9. The molecule has 0 spiro atoms. The minimum Gasteiger partial charge on any atom is -0.493 e. The average molecular weight is 455 g/mol. The second-order valence-electron chi connectivity index (χ2n) is 6.64. The highest BCUT2D eigenvalue weighted by Crippen LogP contribution is 2.34. The van der Waals surface area contributed by atoms with Crippen LogP contribution in [-0.4, -0.2) is 31.8 Å². The van der Waals surface area contributed by atoms with Gasteiger partial charge in [-0.2, -0.15) is 0 Å². The Morgan fingerprint density at radius 1 is 1.19 bits per heavy atom. The first-order chi connectivity index (χ1) is 17.7. The Hall–Kier alpha value is -3.58. The smallest absolute Gasteiger partial charge is 0.373 e. The molecule has 4 rings (SSSR count). The lowest BCUT2D eigenvalue weighted by Gasteiger charge is -2.09. The fourth-order valence-electron chi connectivity index (χ4n) is 3.12. The van der Waals surface area contributed by atoms with Crippen molar-refractivity contribution in [3.8, 4) is 17.2 Å². The summed E-state index contributed by atoms with van der Waals surface area (Å²) in [4.78, 5) is 16.3. The van der Waals surface area contributed by atoms with Gasteiger partial charge in [-0.15, -0.1) is 11.3 Å². The summed E-state index contributed by atoms with van der Waals surface area (Å²) in [6.07, 6.45) is 1.99. The molecule has 0 aliphatic carbocycles. The van der Waals surface area contributed by atoms with Gasteiger partial charge in [-0.05, 0) is 54.2 Å². The second-order valence-corrected chi connectivity index (χ2v) is 7.56. The maximum absolute atomic E-state index is 11.9. The summed E-state index contributed by atoms with van der Waals surface area (Å²) in [5.41, 5.74) is 1.27. The molecule has 32 heavy (non-hydrogen) atoms. The number of nitrogens with zero attached hydrogens (tertiary/aromatic N) is 1. The van der Waals surface area contributed by atoms with Gasteiger partial charge in [0.1, 0.15) is 11.5 Å². The Kier molecular flexibility index (Phi) is 4.88. The number of hydrogen-bond acceptors (Lipinski definition) is 7. The third-order valence-electron chi connectivity index (χ3n) is 4.70. The number of thiophene rings is 1. The van der Waals surface area contributed by atoms with Crippen molar-refractivity contribution in [2.75, 3.05) is 20.8 Å². The molecule has 0 amide bonds. The molecule has 0 fully saturated rings. The van der Waals surface area contributed by atoms with E-state index in [-0.39, 0.29) is 35.9 Å². The monoisotopic (exact) mass is 454 g/mol. The molecule has 2 aromatic heterocycles. The zero-order valence-corrected chi connectivity index (χ0v) is 18.5. The predicted molar refractivity (Wildman–Crippen MR) is 125 cm³/mol. The van der Waals surface area contributed by atoms with Gasteiger partial charge in [0.15, 0.2) is 0 Å². The molecule has 0 atom stereocenters. The molecule has 2 heterocycles. The highest BCUT2D eigenvalue weighted by molar-refractivity contribution is 7.17. The third-order valence-corrected chi connectivity index (χ3v) is 5.67. The van der Waals surface area contributed by atoms with Crippen LogP contribution in [0.25, 0.3) is 27.6 Å². The van der Waals surface area contributed by atoms with E-state index in [0.29, 0.717) is 23.6 Å². The van der Waals surface area contributed by atoms with Crippen molar-refractivity contribution in [1.29, 1.82) is 0 Å². The van der Waals surface area contributed by atoms with Crippen LogP contribution in [0, 0.1) is 6.92 Å². The Labute approximate surface area is 197 Å². The van der Waals surface area contributed by atoms with E-state index in [1.165, 1.54) is 25.6 Å². The van der Waals surface area contributed by atoms with E-state index in [0.717, 1.165) is 15.6 Å². The summed E-state index contributed by atoms with van der Waals surface area (Å²) in [5, 5.41) is 2.80. The van der Waals surface area contributed by atoms with E-state index in [1.807, 2.05) is 17.5 Å². The van der Waals surface area contributed by atoms with E-state index in [2.05, 4.69) is 4.98 Å². The molecule has 0 unspecified atom stereocenters. The average Bonchev–Trinajstić information content (AvgIpc) is 3.53. The molecule has 0 aliphatic heterocycles. The summed E-state index contributed by atoms with van der Waals surface area (Å²) < 4.78 is 62.3. The minimum atomic E-state index is -0.571. The van der Waals surface area contributed by atoms with Crippen LogP contribution in [0.1, 0.15) is 23.9 Å². The highest BCUT2D eigenvalue weighted by Gasteiger charge is 2.14. The molecule has 4 aromatic rings. The SMILES string of the molecule is [2H]c1c([2H])c([2H])c(-c2nc(CCOc3ccc(/C=C(\OC)C(=O)OC)c4sccc34)c(C)o2)c([2H])c1[2H]. The van der Waals surface area contributed by atoms with Gasteiger partial charge in [-0.3, -0.25) is 0 Å². The van der Waals surface area contributed by atoms with Crippen LogP contribution in [0.2, 0.25) is 0 Å². The van der Waals surface area contributed by atoms with Crippen LogP contribution in [0.4, 0.5) is 0 Å². The topological polar surface area (TPSA) is 70.8 Å². The number of benzene rings is 2. The fourth-order valence-corrected chi connectivity index (χ4v) is 4.02. The summed E-state index contributed by atoms with van der Waals surface area (Å²) in [6, 6.07) is 3.46. The Balaban J connectivity index is 1.55. The minimum absolute atomic E-state index is 0.0274. The van der Waals surface area contributed by atoms with Crippen LogP contribution in [0.5, 0.6) is 5.75 Å². The molecule has 0 saturated carbocycles. The number of ether oxygens (including phenoxy) is 3. The lowest BCUT2D eigenvalue weighted by molar-refractivity contribution is -0.139. The highest BCUT2D eigenvalue weighted by atomic mass is 32.1. The van der Waals surface area contributed by atoms with E-state index >= 15 is 0 Å². The summed E-state index contributed by atoms with van der Waals surface area (Å²) >= 11 is 1.50. The molecular weight excluding hydrogens is 426 g/mol. The quantitative estimate of drug-likeness (QED) is 0.195. The number of carbonyl (C=O) groups is 1. The van der Waals surface area contributed by atoms with E-state index in [9.17, 15) is 4.79 Å². The third kappa shape index (κ3) is 4.53. The van der Waals surface area contributed by atoms with Gasteiger partial charge in [0, 0.05) is 22.1 Å². The van der Waals surface area contributed by atoms with Gasteiger partial charge in [-0.1, -0.05) is 18.1 Å². The first-order valence-electron chi connectivity index (χ1n) is 12.2. The fraction of sp³-hybridized carbons (Fsp3) is 0.200. The van der Waals surface area contributed by atoms with Crippen molar-refractivity contribution >= 4 is 33.5 Å². The lowest BCUT2D eigenvalue weighted by Crippen LogP contribution is -2.06. The number of fused-ring (bicyclic) bond motifs is 1. The number of carbonyl (C=O) groups excluding carboxylic acids is 1. The van der Waals surface area contributed by atoms with Crippen molar-refractivity contribution in [2.45, 2.75) is 13.3 Å². The van der Waals surface area contributed by atoms with Crippen molar-refractivity contribution in [1.82, 2.24) is 4.98 Å². The second kappa shape index (κ2) is 9.70. The van der Waals surface area contributed by atoms with Crippen LogP contribution in [0.15, 0.2) is 64.0 Å². The molecule has 7 heteroatoms. The first kappa shape index (κ1) is 16.1. The number of methoxy groups -OCH3 is 2. The van der Waals surface area contributed by atoms with E-state index in [1.54, 1.807) is 19.1 Å². The van der Waals surface area contributed by atoms with Crippen molar-refractivity contribution in [3.63, 3.8) is 0 Å². The number of hydrogen-bond donors (Lipinski definition) is 0. The van der Waals surface area contributed by atoms with Gasteiger partial charge in [0.05, 0.1) is 33.4 Å². The molecule has 2 aromatic carbocycles. The van der Waals surface area contributed by atoms with Gasteiger partial charge < -0.3 is 18.6 Å². The Bertz CT molecular complexity index is 1500. The number of rotatable bonds is 8. The predicted octanol–water partition coefficient (Wildman–Crippen LogP) is 5.65. The van der Waals surface area contributed by atoms with Crippen molar-refractivity contribution in [3.05, 3.63) is 76.6 Å². The summed E-state index contributed by atoms with van der Waals surface area (Å²) in [5.74, 6) is 0.611. The lowest BCUT2D eigenvalue weighted by atomic mass is 10.1. The number of aromatic nitrogens is 1. The molecule has 0 aliphatic rings. The normalized spacial score (nSPS) is 13.7. The van der Waals surface area contributed by atoms with Gasteiger partial charge in [0.2, 0.25) is 11.6 Å². The molecule has 0 N–H and O–H groups in total. The standard InChI is InChI=1S/C25H23NO5S/c1-16-20(26-24(31-16)17-7-5-4-6-8-17)11-13-30-21-10-9-18(23-19(21)12-14-32-23)15-22(28-2)25(27)29-3/h4-10,12,14-15H,11,13H2,1-3H3/b22-15-/i4D,5D,6D,7D,8D. The van der Waals surface area contributed by atoms with Gasteiger partial charge >= 0.3 is 5.97 Å². The summed E-state index contributed by atoms with van der Waals surface area (Å²) in [6.45, 7) is 1.97. The van der Waals surface area contributed by atoms with Crippen molar-refractivity contribution in [2.24, 2.45) is 0 Å². The molecule has 0 radical (unpaired) electrons.